The third-order valence-electron chi connectivity index (χ3n) is 6.58. The average Bonchev–Trinajstić information content (AvgIpc) is 3.61. The first kappa shape index (κ1) is 25.5. The molecule has 0 aliphatic heterocycles. The van der Waals surface area contributed by atoms with Crippen LogP contribution in [0.4, 0.5) is 0 Å². The molecule has 4 aromatic rings. The SMILES string of the molecule is CCc1nnc(-c2c(C)c(C(=O)c3c(C)c(-c4nnc(CC)o4)n(CCO)c3C)c(C)n2CCO)o1. The Hall–Kier alpha value is -3.57. The van der Waals surface area contributed by atoms with E-state index in [1.165, 1.54) is 0 Å². The van der Waals surface area contributed by atoms with Crippen molar-refractivity contribution in [1.82, 2.24) is 29.5 Å². The highest BCUT2D eigenvalue weighted by atomic mass is 16.4. The number of carbonyl (C=O) groups is 1. The van der Waals surface area contributed by atoms with Gasteiger partial charge in [-0.05, 0) is 38.8 Å². The zero-order chi connectivity index (χ0) is 26.1. The minimum atomic E-state index is -0.179. The Morgan fingerprint density at radius 3 is 1.42 bits per heavy atom. The molecular weight excluding hydrogens is 464 g/mol. The van der Waals surface area contributed by atoms with Gasteiger partial charge in [-0.25, -0.2) is 0 Å². The standard InChI is InChI=1S/C25H32N6O5/c1-7-17-26-28-24(35-17)21-13(3)19(15(5)30(21)9-11-32)23(34)20-14(4)22(31(10-12-33)16(20)6)25-29-27-18(8-2)36-25/h32-33H,7-12H2,1-6H3. The molecule has 0 aliphatic carbocycles. The van der Waals surface area contributed by atoms with Gasteiger partial charge in [0.2, 0.25) is 11.8 Å². The quantitative estimate of drug-likeness (QED) is 0.316. The van der Waals surface area contributed by atoms with E-state index < -0.39 is 0 Å². The average molecular weight is 497 g/mol. The number of hydrogen-bond donors (Lipinski definition) is 2. The van der Waals surface area contributed by atoms with Crippen LogP contribution < -0.4 is 0 Å². The minimum Gasteiger partial charge on any atom is -0.419 e. The highest BCUT2D eigenvalue weighted by Crippen LogP contribution is 2.36. The summed E-state index contributed by atoms with van der Waals surface area (Å²) in [4.78, 5) is 14.2. The summed E-state index contributed by atoms with van der Waals surface area (Å²) in [6, 6.07) is 0. The summed E-state index contributed by atoms with van der Waals surface area (Å²) in [5.41, 5.74) is 5.02. The largest absolute Gasteiger partial charge is 0.419 e. The van der Waals surface area contributed by atoms with Crippen molar-refractivity contribution in [3.8, 4) is 23.2 Å². The Balaban J connectivity index is 1.91. The van der Waals surface area contributed by atoms with E-state index in [4.69, 9.17) is 8.83 Å². The lowest BCUT2D eigenvalue weighted by atomic mass is 9.96. The smallest absolute Gasteiger partial charge is 0.264 e. The van der Waals surface area contributed by atoms with Crippen LogP contribution in [0.15, 0.2) is 8.83 Å². The third kappa shape index (κ3) is 4.07. The maximum atomic E-state index is 14.2. The van der Waals surface area contributed by atoms with Crippen molar-refractivity contribution >= 4 is 5.78 Å². The number of nitrogens with zero attached hydrogens (tertiary/aromatic N) is 6. The summed E-state index contributed by atoms with van der Waals surface area (Å²) in [7, 11) is 0. The maximum absolute atomic E-state index is 14.2. The number of hydrogen-bond acceptors (Lipinski definition) is 9. The van der Waals surface area contributed by atoms with Crippen LogP contribution in [0.2, 0.25) is 0 Å². The molecule has 4 aromatic heterocycles. The summed E-state index contributed by atoms with van der Waals surface area (Å²) < 4.78 is 15.3. The fourth-order valence-electron chi connectivity index (χ4n) is 4.88. The van der Waals surface area contributed by atoms with Crippen molar-refractivity contribution in [3.63, 3.8) is 0 Å². The summed E-state index contributed by atoms with van der Waals surface area (Å²) in [6.07, 6.45) is 1.18. The van der Waals surface area contributed by atoms with Gasteiger partial charge in [0.1, 0.15) is 11.4 Å². The molecule has 0 saturated heterocycles. The van der Waals surface area contributed by atoms with E-state index in [0.29, 0.717) is 81.4 Å². The van der Waals surface area contributed by atoms with Gasteiger partial charge in [0.05, 0.1) is 13.2 Å². The molecule has 11 heteroatoms. The molecule has 0 atom stereocenters. The van der Waals surface area contributed by atoms with E-state index in [1.54, 1.807) is 0 Å². The molecule has 0 bridgehead atoms. The zero-order valence-corrected chi connectivity index (χ0v) is 21.5. The van der Waals surface area contributed by atoms with Crippen molar-refractivity contribution in [3.05, 3.63) is 45.4 Å². The number of aromatic nitrogens is 6. The van der Waals surface area contributed by atoms with Gasteiger partial charge in [-0.1, -0.05) is 13.8 Å². The van der Waals surface area contributed by atoms with Gasteiger partial charge in [0.15, 0.2) is 5.78 Å². The molecule has 11 nitrogen and oxygen atoms in total. The number of aliphatic hydroxyl groups excluding tert-OH is 2. The number of carbonyl (C=O) groups excluding carboxylic acids is 1. The molecule has 0 saturated carbocycles. The van der Waals surface area contributed by atoms with Crippen LogP contribution in [-0.2, 0) is 25.9 Å². The van der Waals surface area contributed by atoms with Crippen molar-refractivity contribution in [1.29, 1.82) is 0 Å². The Morgan fingerprint density at radius 1 is 0.722 bits per heavy atom. The molecule has 0 unspecified atom stereocenters. The van der Waals surface area contributed by atoms with E-state index in [-0.39, 0.29) is 32.1 Å². The second kappa shape index (κ2) is 10.2. The lowest BCUT2D eigenvalue weighted by Gasteiger charge is -2.09. The summed E-state index contributed by atoms with van der Waals surface area (Å²) in [6.45, 7) is 11.5. The Kier molecular flexibility index (Phi) is 7.23. The molecule has 36 heavy (non-hydrogen) atoms. The van der Waals surface area contributed by atoms with Gasteiger partial charge in [-0.15, -0.1) is 20.4 Å². The summed E-state index contributed by atoms with van der Waals surface area (Å²) >= 11 is 0. The molecule has 0 radical (unpaired) electrons. The van der Waals surface area contributed by atoms with Crippen molar-refractivity contribution in [2.24, 2.45) is 0 Å². The van der Waals surface area contributed by atoms with Gasteiger partial charge in [0.25, 0.3) is 11.8 Å². The molecule has 0 fully saturated rings. The highest BCUT2D eigenvalue weighted by Gasteiger charge is 2.32. The fourth-order valence-corrected chi connectivity index (χ4v) is 4.88. The van der Waals surface area contributed by atoms with Gasteiger partial charge >= 0.3 is 0 Å². The molecule has 0 aliphatic rings. The van der Waals surface area contributed by atoms with E-state index in [2.05, 4.69) is 20.4 Å². The molecule has 4 rings (SSSR count). The highest BCUT2D eigenvalue weighted by molar-refractivity contribution is 6.14. The molecule has 2 N–H and O–H groups in total. The Morgan fingerprint density at radius 2 is 1.11 bits per heavy atom. The first-order valence-corrected chi connectivity index (χ1v) is 12.1. The molecule has 192 valence electrons. The van der Waals surface area contributed by atoms with Crippen LogP contribution in [0.3, 0.4) is 0 Å². The predicted molar refractivity (Wildman–Crippen MR) is 131 cm³/mol. The van der Waals surface area contributed by atoms with Crippen LogP contribution in [0, 0.1) is 27.7 Å². The molecule has 4 heterocycles. The van der Waals surface area contributed by atoms with Crippen molar-refractivity contribution < 1.29 is 23.8 Å². The zero-order valence-electron chi connectivity index (χ0n) is 21.5. The lowest BCUT2D eigenvalue weighted by Crippen LogP contribution is -2.10. The number of rotatable bonds is 10. The fraction of sp³-hybridized carbons (Fsp3) is 0.480. The van der Waals surface area contributed by atoms with E-state index in [9.17, 15) is 15.0 Å². The second-order valence-electron chi connectivity index (χ2n) is 8.66. The number of aryl methyl sites for hydroxylation is 2. The first-order valence-electron chi connectivity index (χ1n) is 12.1. The summed E-state index contributed by atoms with van der Waals surface area (Å²) in [5, 5.41) is 36.0. The maximum Gasteiger partial charge on any atom is 0.264 e. The van der Waals surface area contributed by atoms with Crippen LogP contribution >= 0.6 is 0 Å². The molecular formula is C25H32N6O5. The molecule has 0 amide bonds. The monoisotopic (exact) mass is 496 g/mol. The topological polar surface area (TPSA) is 145 Å². The van der Waals surface area contributed by atoms with Gasteiger partial charge in [-0.3, -0.25) is 4.79 Å². The Labute approximate surface area is 208 Å². The van der Waals surface area contributed by atoms with Crippen molar-refractivity contribution in [2.45, 2.75) is 67.5 Å². The molecule has 0 aromatic carbocycles. The van der Waals surface area contributed by atoms with Gasteiger partial charge in [-0.2, -0.15) is 0 Å². The number of aliphatic hydroxyl groups is 2. The molecule has 0 spiro atoms. The van der Waals surface area contributed by atoms with Gasteiger partial charge < -0.3 is 28.2 Å². The van der Waals surface area contributed by atoms with Crippen LogP contribution in [0.25, 0.3) is 23.2 Å². The summed E-state index contributed by atoms with van der Waals surface area (Å²) in [5.74, 6) is 1.43. The van der Waals surface area contributed by atoms with Crippen LogP contribution in [0.5, 0.6) is 0 Å². The Bertz CT molecular complexity index is 1300. The van der Waals surface area contributed by atoms with E-state index in [0.717, 1.165) is 0 Å². The predicted octanol–water partition coefficient (Wildman–Crippen LogP) is 2.96. The third-order valence-corrected chi connectivity index (χ3v) is 6.58. The van der Waals surface area contributed by atoms with Crippen LogP contribution in [0.1, 0.15) is 64.1 Å². The second-order valence-corrected chi connectivity index (χ2v) is 8.66. The normalized spacial score (nSPS) is 11.6. The first-order chi connectivity index (χ1) is 17.3. The minimum absolute atomic E-state index is 0.115. The lowest BCUT2D eigenvalue weighted by molar-refractivity contribution is 0.103. The van der Waals surface area contributed by atoms with E-state index >= 15 is 0 Å². The number of ketones is 1. The van der Waals surface area contributed by atoms with E-state index in [1.807, 2.05) is 50.7 Å². The van der Waals surface area contributed by atoms with Crippen LogP contribution in [-0.4, -0.2) is 58.7 Å². The van der Waals surface area contributed by atoms with Gasteiger partial charge in [0, 0.05) is 48.4 Å². The van der Waals surface area contributed by atoms with Crippen molar-refractivity contribution in [2.75, 3.05) is 13.2 Å².